The molecule has 0 spiro atoms. The van der Waals surface area contributed by atoms with E-state index in [0.717, 1.165) is 23.9 Å². The summed E-state index contributed by atoms with van der Waals surface area (Å²) in [6.45, 7) is 1.93. The molecule has 1 aliphatic heterocycles. The zero-order valence-electron chi connectivity index (χ0n) is 20.5. The van der Waals surface area contributed by atoms with Crippen LogP contribution in [0.3, 0.4) is 0 Å². The first-order valence-electron chi connectivity index (χ1n) is 11.9. The third kappa shape index (κ3) is 5.46. The summed E-state index contributed by atoms with van der Waals surface area (Å²) in [5, 5.41) is 2.51. The van der Waals surface area contributed by atoms with Gasteiger partial charge in [0.2, 0.25) is 0 Å². The van der Waals surface area contributed by atoms with Crippen molar-refractivity contribution in [2.75, 3.05) is 6.61 Å². The second kappa shape index (κ2) is 11.0. The van der Waals surface area contributed by atoms with E-state index in [1.165, 1.54) is 6.07 Å². The second-order valence-corrected chi connectivity index (χ2v) is 10.1. The highest BCUT2D eigenvalue weighted by Crippen LogP contribution is 2.35. The van der Waals surface area contributed by atoms with E-state index in [2.05, 4.69) is 5.32 Å². The number of imide groups is 1. The Labute approximate surface area is 230 Å². The van der Waals surface area contributed by atoms with Crippen LogP contribution >= 0.6 is 23.4 Å². The zero-order chi connectivity index (χ0) is 27.7. The van der Waals surface area contributed by atoms with Crippen molar-refractivity contribution in [1.82, 2.24) is 5.32 Å². The number of allylic oxidation sites excluding steroid dienone is 1. The number of benzene rings is 3. The summed E-state index contributed by atoms with van der Waals surface area (Å²) >= 11 is 7.25. The van der Waals surface area contributed by atoms with Gasteiger partial charge in [0.25, 0.3) is 11.1 Å². The highest BCUT2D eigenvalue weighted by atomic mass is 35.5. The van der Waals surface area contributed by atoms with Crippen molar-refractivity contribution in [3.05, 3.63) is 104 Å². The number of hydrogen-bond acceptors (Lipinski definition) is 6. The maximum Gasteiger partial charge on any atom is 0.290 e. The topological polar surface area (TPSA) is 85.6 Å². The normalized spacial score (nSPS) is 14.6. The minimum absolute atomic E-state index is 0.177. The SMILES string of the molecule is CC(=C1SC(=O)NC1=O)c1ccc(OCCCc2c(-c3ccc(F)c(F)c3)oc3ccccc3c2=O)c(Cl)c1. The largest absolute Gasteiger partial charge is 0.492 e. The Kier molecular flexibility index (Phi) is 7.54. The summed E-state index contributed by atoms with van der Waals surface area (Å²) in [6, 6.07) is 15.2. The standard InChI is InChI=1S/C29H20ClF2NO5S/c1-15(27-28(35)33-29(36)39-27)16-9-11-24(20(30)13-16)37-12-4-6-19-25(34)18-5-2-3-7-23(18)38-26(19)17-8-10-21(31)22(32)14-17/h2-3,5,7-11,13-14H,4,6,12H2,1H3,(H,33,35,36). The highest BCUT2D eigenvalue weighted by Gasteiger charge is 2.27. The van der Waals surface area contributed by atoms with Crippen LogP contribution in [0, 0.1) is 11.6 Å². The molecule has 3 aromatic carbocycles. The van der Waals surface area contributed by atoms with Crippen molar-refractivity contribution in [3.63, 3.8) is 0 Å². The number of nitrogens with one attached hydrogen (secondary N) is 1. The fourth-order valence-corrected chi connectivity index (χ4v) is 5.23. The third-order valence-electron chi connectivity index (χ3n) is 6.22. The first-order valence-corrected chi connectivity index (χ1v) is 13.1. The molecule has 0 unspecified atom stereocenters. The van der Waals surface area contributed by atoms with Gasteiger partial charge in [-0.25, -0.2) is 8.78 Å². The molecule has 0 radical (unpaired) electrons. The van der Waals surface area contributed by atoms with Gasteiger partial charge < -0.3 is 9.15 Å². The molecule has 0 aliphatic carbocycles. The predicted octanol–water partition coefficient (Wildman–Crippen LogP) is 7.12. The van der Waals surface area contributed by atoms with E-state index in [4.69, 9.17) is 20.8 Å². The molecule has 1 N–H and O–H groups in total. The van der Waals surface area contributed by atoms with E-state index < -0.39 is 22.8 Å². The summed E-state index contributed by atoms with van der Waals surface area (Å²) in [5.74, 6) is -1.90. The molecule has 2 amide bonds. The summed E-state index contributed by atoms with van der Waals surface area (Å²) in [6.07, 6.45) is 0.655. The van der Waals surface area contributed by atoms with Crippen LogP contribution in [0.4, 0.5) is 13.6 Å². The molecule has 0 saturated carbocycles. The van der Waals surface area contributed by atoms with Crippen LogP contribution in [0.2, 0.25) is 5.02 Å². The summed E-state index contributed by atoms with van der Waals surface area (Å²) < 4.78 is 39.3. The van der Waals surface area contributed by atoms with E-state index in [1.54, 1.807) is 49.4 Å². The summed E-state index contributed by atoms with van der Waals surface area (Å²) in [4.78, 5) is 37.0. The van der Waals surface area contributed by atoms with Crippen molar-refractivity contribution in [3.8, 4) is 17.1 Å². The van der Waals surface area contributed by atoms with Crippen molar-refractivity contribution >= 4 is 51.1 Å². The van der Waals surface area contributed by atoms with Crippen molar-refractivity contribution in [2.45, 2.75) is 19.8 Å². The van der Waals surface area contributed by atoms with Crippen LogP contribution < -0.4 is 15.5 Å². The van der Waals surface area contributed by atoms with Gasteiger partial charge in [0.05, 0.1) is 21.9 Å². The first-order chi connectivity index (χ1) is 18.7. The summed E-state index contributed by atoms with van der Waals surface area (Å²) in [7, 11) is 0. The number of hydrogen-bond donors (Lipinski definition) is 1. The molecule has 0 atom stereocenters. The van der Waals surface area contributed by atoms with Crippen LogP contribution in [0.1, 0.15) is 24.5 Å². The molecule has 5 rings (SSSR count). The lowest BCUT2D eigenvalue weighted by atomic mass is 10.0. The van der Waals surface area contributed by atoms with Crippen LogP contribution in [0.25, 0.3) is 27.9 Å². The van der Waals surface area contributed by atoms with Gasteiger partial charge in [-0.05, 0) is 85.1 Å². The number of fused-ring (bicyclic) bond motifs is 1. The van der Waals surface area contributed by atoms with E-state index in [9.17, 15) is 23.2 Å². The molecule has 1 fully saturated rings. The van der Waals surface area contributed by atoms with Gasteiger partial charge in [0.15, 0.2) is 17.1 Å². The maximum absolute atomic E-state index is 14.0. The lowest BCUT2D eigenvalue weighted by Crippen LogP contribution is -2.18. The zero-order valence-corrected chi connectivity index (χ0v) is 22.1. The lowest BCUT2D eigenvalue weighted by Gasteiger charge is -2.12. The number of thioether (sulfide) groups is 1. The minimum atomic E-state index is -1.04. The van der Waals surface area contributed by atoms with Gasteiger partial charge in [-0.3, -0.25) is 19.7 Å². The van der Waals surface area contributed by atoms with Gasteiger partial charge in [0.1, 0.15) is 17.1 Å². The second-order valence-electron chi connectivity index (χ2n) is 8.76. The van der Waals surface area contributed by atoms with Gasteiger partial charge in [-0.1, -0.05) is 29.8 Å². The minimum Gasteiger partial charge on any atom is -0.492 e. The Morgan fingerprint density at radius 3 is 2.54 bits per heavy atom. The van der Waals surface area contributed by atoms with Gasteiger partial charge in [-0.2, -0.15) is 0 Å². The van der Waals surface area contributed by atoms with Gasteiger partial charge in [0, 0.05) is 11.1 Å². The van der Waals surface area contributed by atoms with E-state index >= 15 is 0 Å². The molecule has 2 heterocycles. The molecule has 1 saturated heterocycles. The first kappa shape index (κ1) is 26.6. The molecule has 4 aromatic rings. The molecule has 6 nitrogen and oxygen atoms in total. The summed E-state index contributed by atoms with van der Waals surface area (Å²) in [5.41, 5.74) is 1.96. The highest BCUT2D eigenvalue weighted by molar-refractivity contribution is 8.18. The molecule has 39 heavy (non-hydrogen) atoms. The van der Waals surface area contributed by atoms with Crippen molar-refractivity contribution in [2.24, 2.45) is 0 Å². The van der Waals surface area contributed by atoms with Crippen molar-refractivity contribution < 1.29 is 27.5 Å². The molecule has 10 heteroatoms. The number of amides is 2. The average molecular weight is 568 g/mol. The maximum atomic E-state index is 14.0. The number of ether oxygens (including phenoxy) is 1. The fourth-order valence-electron chi connectivity index (χ4n) is 4.25. The lowest BCUT2D eigenvalue weighted by molar-refractivity contribution is -0.115. The van der Waals surface area contributed by atoms with Crippen LogP contribution in [-0.2, 0) is 11.2 Å². The van der Waals surface area contributed by atoms with E-state index in [0.29, 0.717) is 49.8 Å². The molecule has 198 valence electrons. The van der Waals surface area contributed by atoms with Gasteiger partial charge in [-0.15, -0.1) is 0 Å². The Balaban J connectivity index is 1.34. The smallest absolute Gasteiger partial charge is 0.290 e. The van der Waals surface area contributed by atoms with Crippen LogP contribution in [0.5, 0.6) is 5.75 Å². The molecule has 0 bridgehead atoms. The number of rotatable bonds is 7. The average Bonchev–Trinajstić information content (AvgIpc) is 3.26. The molecular weight excluding hydrogens is 548 g/mol. The Morgan fingerprint density at radius 1 is 1.03 bits per heavy atom. The number of halogens is 3. The Morgan fingerprint density at radius 2 is 1.82 bits per heavy atom. The molecule has 1 aromatic heterocycles. The van der Waals surface area contributed by atoms with Gasteiger partial charge >= 0.3 is 0 Å². The van der Waals surface area contributed by atoms with E-state index in [-0.39, 0.29) is 29.8 Å². The van der Waals surface area contributed by atoms with Crippen molar-refractivity contribution in [1.29, 1.82) is 0 Å². The molecular formula is C29H20ClF2NO5S. The Bertz CT molecular complexity index is 1730. The van der Waals surface area contributed by atoms with E-state index in [1.807, 2.05) is 0 Å². The monoisotopic (exact) mass is 567 g/mol. The fraction of sp³-hybridized carbons (Fsp3) is 0.138. The van der Waals surface area contributed by atoms with Crippen LogP contribution in [-0.4, -0.2) is 17.8 Å². The number of carbonyl (C=O) groups excluding carboxylic acids is 2. The Hall–Kier alpha value is -3.95. The quantitative estimate of drug-likeness (QED) is 0.189. The van der Waals surface area contributed by atoms with Crippen LogP contribution in [0.15, 0.2) is 74.8 Å². The third-order valence-corrected chi connectivity index (χ3v) is 7.50. The predicted molar refractivity (Wildman–Crippen MR) is 147 cm³/mol. The molecule has 1 aliphatic rings. The number of carbonyl (C=O) groups is 2. The number of para-hydroxylation sites is 1.